The van der Waals surface area contributed by atoms with Crippen LogP contribution in [0.1, 0.15) is 39.2 Å². The van der Waals surface area contributed by atoms with Crippen molar-refractivity contribution in [2.75, 3.05) is 13.7 Å². The van der Waals surface area contributed by atoms with Gasteiger partial charge in [0.2, 0.25) is 0 Å². The molecule has 1 aromatic carbocycles. The molecule has 23 heavy (non-hydrogen) atoms. The Balaban J connectivity index is 2.14. The van der Waals surface area contributed by atoms with Crippen LogP contribution in [0.25, 0.3) is 0 Å². The molecule has 0 aliphatic rings. The lowest BCUT2D eigenvalue weighted by Gasteiger charge is -2.21. The highest BCUT2D eigenvalue weighted by Crippen LogP contribution is 2.16. The zero-order chi connectivity index (χ0) is 16.8. The second-order valence-electron chi connectivity index (χ2n) is 4.85. The Morgan fingerprint density at radius 1 is 1.30 bits per heavy atom. The molecular formula is C16H17FN2O3S. The molecule has 0 fully saturated rings. The van der Waals surface area contributed by atoms with Crippen LogP contribution in [-0.2, 0) is 11.3 Å². The molecule has 0 radical (unpaired) electrons. The van der Waals surface area contributed by atoms with Crippen LogP contribution in [0.3, 0.4) is 0 Å². The van der Waals surface area contributed by atoms with Gasteiger partial charge < -0.3 is 9.64 Å². The van der Waals surface area contributed by atoms with E-state index >= 15 is 0 Å². The minimum absolute atomic E-state index is 0.193. The van der Waals surface area contributed by atoms with Crippen molar-refractivity contribution in [2.24, 2.45) is 0 Å². The van der Waals surface area contributed by atoms with Gasteiger partial charge in [-0.3, -0.25) is 4.79 Å². The first-order chi connectivity index (χ1) is 11.0. The Hall–Kier alpha value is -2.28. The minimum atomic E-state index is -0.501. The summed E-state index contributed by atoms with van der Waals surface area (Å²) in [6.45, 7) is 2.81. The zero-order valence-electron chi connectivity index (χ0n) is 12.9. The summed E-state index contributed by atoms with van der Waals surface area (Å²) in [4.78, 5) is 29.8. The van der Waals surface area contributed by atoms with Gasteiger partial charge in [0.1, 0.15) is 10.8 Å². The Morgan fingerprint density at radius 2 is 2.00 bits per heavy atom. The maximum Gasteiger partial charge on any atom is 0.357 e. The van der Waals surface area contributed by atoms with Crippen molar-refractivity contribution in [3.63, 3.8) is 0 Å². The summed E-state index contributed by atoms with van der Waals surface area (Å²) in [6, 6.07) is 5.44. The van der Waals surface area contributed by atoms with Gasteiger partial charge in [0.25, 0.3) is 5.91 Å². The number of benzene rings is 1. The summed E-state index contributed by atoms with van der Waals surface area (Å²) in [7, 11) is 1.29. The van der Waals surface area contributed by atoms with Gasteiger partial charge in [-0.25, -0.2) is 14.2 Å². The van der Waals surface area contributed by atoms with E-state index in [1.165, 1.54) is 42.7 Å². The van der Waals surface area contributed by atoms with Crippen molar-refractivity contribution in [3.8, 4) is 0 Å². The van der Waals surface area contributed by atoms with Crippen LogP contribution in [0.15, 0.2) is 29.6 Å². The molecule has 0 saturated carbocycles. The first-order valence-corrected chi connectivity index (χ1v) is 8.00. The molecule has 1 aromatic heterocycles. The molecule has 2 rings (SSSR count). The maximum absolute atomic E-state index is 13.0. The third-order valence-corrected chi connectivity index (χ3v) is 3.98. The van der Waals surface area contributed by atoms with E-state index in [9.17, 15) is 14.0 Å². The number of nitrogens with zero attached hydrogens (tertiary/aromatic N) is 2. The number of amides is 1. The molecule has 0 unspecified atom stereocenters. The number of methoxy groups -OCH3 is 1. The number of carbonyl (C=O) groups is 2. The third kappa shape index (κ3) is 4.35. The molecule has 0 atom stereocenters. The molecule has 2 aromatic rings. The van der Waals surface area contributed by atoms with Gasteiger partial charge >= 0.3 is 5.97 Å². The summed E-state index contributed by atoms with van der Waals surface area (Å²) in [5.41, 5.74) is 0.655. The van der Waals surface area contributed by atoms with E-state index < -0.39 is 5.97 Å². The molecule has 7 heteroatoms. The number of hydrogen-bond donors (Lipinski definition) is 0. The van der Waals surface area contributed by atoms with E-state index in [4.69, 9.17) is 0 Å². The van der Waals surface area contributed by atoms with E-state index in [-0.39, 0.29) is 17.4 Å². The van der Waals surface area contributed by atoms with Crippen LogP contribution < -0.4 is 0 Å². The van der Waals surface area contributed by atoms with Crippen molar-refractivity contribution in [2.45, 2.75) is 19.9 Å². The number of hydrogen-bond acceptors (Lipinski definition) is 5. The third-order valence-electron chi connectivity index (χ3n) is 3.14. The number of rotatable bonds is 6. The lowest BCUT2D eigenvalue weighted by atomic mass is 10.2. The molecule has 0 N–H and O–H groups in total. The van der Waals surface area contributed by atoms with Gasteiger partial charge in [-0.05, 0) is 30.7 Å². The topological polar surface area (TPSA) is 59.5 Å². The number of halogens is 1. The number of ether oxygens (including phenoxy) is 1. The van der Waals surface area contributed by atoms with Crippen LogP contribution in [0.2, 0.25) is 0 Å². The summed E-state index contributed by atoms with van der Waals surface area (Å²) < 4.78 is 17.6. The van der Waals surface area contributed by atoms with E-state index in [0.717, 1.165) is 6.42 Å². The number of esters is 1. The standard InChI is InChI=1S/C16H17FN2O3S/c1-3-8-19(15(20)11-4-6-12(17)7-5-11)9-14-18-13(10-23-14)16(21)22-2/h4-7,10H,3,8-9H2,1-2H3. The van der Waals surface area contributed by atoms with Gasteiger partial charge in [-0.15, -0.1) is 11.3 Å². The largest absolute Gasteiger partial charge is 0.464 e. The minimum Gasteiger partial charge on any atom is -0.464 e. The summed E-state index contributed by atoms with van der Waals surface area (Å²) in [5, 5.41) is 2.25. The smallest absolute Gasteiger partial charge is 0.357 e. The van der Waals surface area contributed by atoms with Crippen molar-refractivity contribution in [3.05, 3.63) is 51.7 Å². The fourth-order valence-corrected chi connectivity index (χ4v) is 2.82. The van der Waals surface area contributed by atoms with Gasteiger partial charge in [-0.2, -0.15) is 0 Å². The highest BCUT2D eigenvalue weighted by Gasteiger charge is 2.18. The number of thiazole rings is 1. The Kier molecular flexibility index (Phi) is 5.81. The van der Waals surface area contributed by atoms with Crippen molar-refractivity contribution in [1.29, 1.82) is 0 Å². The van der Waals surface area contributed by atoms with Crippen LogP contribution in [0.5, 0.6) is 0 Å². The molecule has 1 amide bonds. The van der Waals surface area contributed by atoms with Crippen molar-refractivity contribution < 1.29 is 18.7 Å². The summed E-state index contributed by atoms with van der Waals surface area (Å²) in [6.07, 6.45) is 0.780. The highest BCUT2D eigenvalue weighted by molar-refractivity contribution is 7.09. The molecule has 0 bridgehead atoms. The molecule has 0 aliphatic heterocycles. The Morgan fingerprint density at radius 3 is 2.61 bits per heavy atom. The van der Waals surface area contributed by atoms with E-state index in [1.54, 1.807) is 10.3 Å². The Labute approximate surface area is 137 Å². The summed E-state index contributed by atoms with van der Waals surface area (Å²) in [5.74, 6) is -1.08. The molecule has 1 heterocycles. The monoisotopic (exact) mass is 336 g/mol. The fraction of sp³-hybridized carbons (Fsp3) is 0.312. The molecule has 122 valence electrons. The number of aromatic nitrogens is 1. The van der Waals surface area contributed by atoms with E-state index in [1.807, 2.05) is 6.92 Å². The second kappa shape index (κ2) is 7.82. The normalized spacial score (nSPS) is 10.4. The fourth-order valence-electron chi connectivity index (χ4n) is 2.04. The molecule has 0 aliphatic carbocycles. The molecule has 0 saturated heterocycles. The van der Waals surface area contributed by atoms with Crippen LogP contribution in [-0.4, -0.2) is 35.4 Å². The lowest BCUT2D eigenvalue weighted by molar-refractivity contribution is 0.0594. The predicted octanol–water partition coefficient (Wildman–Crippen LogP) is 3.12. The van der Waals surface area contributed by atoms with Crippen LogP contribution >= 0.6 is 11.3 Å². The van der Waals surface area contributed by atoms with Gasteiger partial charge in [0.15, 0.2) is 5.69 Å². The quantitative estimate of drug-likeness (QED) is 0.761. The zero-order valence-corrected chi connectivity index (χ0v) is 13.7. The van der Waals surface area contributed by atoms with Crippen LogP contribution in [0.4, 0.5) is 4.39 Å². The summed E-state index contributed by atoms with van der Waals surface area (Å²) >= 11 is 1.30. The van der Waals surface area contributed by atoms with Gasteiger partial charge in [-0.1, -0.05) is 6.92 Å². The van der Waals surface area contributed by atoms with E-state index in [2.05, 4.69) is 9.72 Å². The van der Waals surface area contributed by atoms with Crippen LogP contribution in [0, 0.1) is 5.82 Å². The molecule has 0 spiro atoms. The first kappa shape index (κ1) is 17.1. The Bertz CT molecular complexity index is 685. The maximum atomic E-state index is 13.0. The SMILES string of the molecule is CCCN(Cc1nc(C(=O)OC)cs1)C(=O)c1ccc(F)cc1. The van der Waals surface area contributed by atoms with Crippen molar-refractivity contribution >= 4 is 23.2 Å². The van der Waals surface area contributed by atoms with E-state index in [0.29, 0.717) is 23.7 Å². The second-order valence-corrected chi connectivity index (χ2v) is 5.79. The molecular weight excluding hydrogens is 319 g/mol. The average molecular weight is 336 g/mol. The average Bonchev–Trinajstić information content (AvgIpc) is 3.02. The van der Waals surface area contributed by atoms with Crippen molar-refractivity contribution in [1.82, 2.24) is 9.88 Å². The first-order valence-electron chi connectivity index (χ1n) is 7.12. The predicted molar refractivity (Wildman–Crippen MR) is 84.9 cm³/mol. The van der Waals surface area contributed by atoms with Gasteiger partial charge in [0.05, 0.1) is 13.7 Å². The lowest BCUT2D eigenvalue weighted by Crippen LogP contribution is -2.31. The number of carbonyl (C=O) groups excluding carboxylic acids is 2. The van der Waals surface area contributed by atoms with Gasteiger partial charge in [0, 0.05) is 17.5 Å². The highest BCUT2D eigenvalue weighted by atomic mass is 32.1. The molecule has 5 nitrogen and oxygen atoms in total.